The first kappa shape index (κ1) is 7.35. The molecule has 0 N–H and O–H groups in total. The first-order valence-corrected chi connectivity index (χ1v) is 3.45. The Bertz CT molecular complexity index is 255. The molecule has 10 heavy (non-hydrogen) atoms. The molecule has 0 unspecified atom stereocenters. The molecular formula is C8H8OS. The highest BCUT2D eigenvalue weighted by molar-refractivity contribution is 7.97. The van der Waals surface area contributed by atoms with Crippen LogP contribution >= 0.6 is 12.6 Å². The molecule has 0 bridgehead atoms. The molecule has 0 amide bonds. The number of rotatable bonds is 1. The normalized spacial score (nSPS) is 9.40. The average molecular weight is 152 g/mol. The van der Waals surface area contributed by atoms with Gasteiger partial charge >= 0.3 is 0 Å². The summed E-state index contributed by atoms with van der Waals surface area (Å²) in [5, 5.41) is -0.177. The van der Waals surface area contributed by atoms with E-state index in [2.05, 4.69) is 12.6 Å². The number of hydrogen-bond acceptors (Lipinski definition) is 1. The van der Waals surface area contributed by atoms with Crippen molar-refractivity contribution in [2.24, 2.45) is 0 Å². The second-order valence-corrected chi connectivity index (χ2v) is 2.58. The standard InChI is InChI=1S/C8H8OS/c1-6-3-2-4-7(5-6)8(9)10/h2-5H,1H3,(H,9,10). The molecule has 0 radical (unpaired) electrons. The Morgan fingerprint density at radius 3 is 2.60 bits per heavy atom. The van der Waals surface area contributed by atoms with Gasteiger partial charge in [0.25, 0.3) is 0 Å². The van der Waals surface area contributed by atoms with Crippen LogP contribution in [0.2, 0.25) is 0 Å². The lowest BCUT2D eigenvalue weighted by atomic mass is 10.2. The van der Waals surface area contributed by atoms with E-state index in [0.29, 0.717) is 5.56 Å². The molecule has 0 aliphatic carbocycles. The Labute approximate surface area is 65.5 Å². The molecule has 1 aromatic carbocycles. The first-order chi connectivity index (χ1) is 4.70. The van der Waals surface area contributed by atoms with Gasteiger partial charge in [0.15, 0.2) is 0 Å². The second-order valence-electron chi connectivity index (χ2n) is 2.17. The van der Waals surface area contributed by atoms with E-state index < -0.39 is 0 Å². The summed E-state index contributed by atoms with van der Waals surface area (Å²) in [5.41, 5.74) is 1.74. The van der Waals surface area contributed by atoms with E-state index in [1.807, 2.05) is 25.1 Å². The molecule has 1 nitrogen and oxygen atoms in total. The molecule has 0 saturated heterocycles. The van der Waals surface area contributed by atoms with E-state index in [0.717, 1.165) is 5.56 Å². The van der Waals surface area contributed by atoms with Gasteiger partial charge in [0.1, 0.15) is 0 Å². The number of benzene rings is 1. The van der Waals surface area contributed by atoms with Gasteiger partial charge in [-0.3, -0.25) is 4.79 Å². The first-order valence-electron chi connectivity index (χ1n) is 3.00. The van der Waals surface area contributed by atoms with Crippen LogP contribution in [0.3, 0.4) is 0 Å². The van der Waals surface area contributed by atoms with Crippen LogP contribution < -0.4 is 0 Å². The molecule has 0 atom stereocenters. The van der Waals surface area contributed by atoms with Crippen molar-refractivity contribution in [1.29, 1.82) is 0 Å². The minimum atomic E-state index is -0.177. The molecule has 0 saturated carbocycles. The molecule has 0 fully saturated rings. The van der Waals surface area contributed by atoms with Gasteiger partial charge in [-0.05, 0) is 13.0 Å². The predicted molar refractivity (Wildman–Crippen MR) is 44.5 cm³/mol. The van der Waals surface area contributed by atoms with E-state index in [9.17, 15) is 4.79 Å². The largest absolute Gasteiger partial charge is 0.282 e. The van der Waals surface area contributed by atoms with Crippen molar-refractivity contribution in [1.82, 2.24) is 0 Å². The maximum atomic E-state index is 10.7. The van der Waals surface area contributed by atoms with Crippen molar-refractivity contribution < 1.29 is 4.79 Å². The van der Waals surface area contributed by atoms with Gasteiger partial charge in [-0.25, -0.2) is 0 Å². The SMILES string of the molecule is Cc1cccc(C(=O)S)c1. The van der Waals surface area contributed by atoms with Crippen LogP contribution in [0.1, 0.15) is 15.9 Å². The predicted octanol–water partition coefficient (Wildman–Crippen LogP) is 2.07. The fourth-order valence-corrected chi connectivity index (χ4v) is 0.917. The third-order valence-electron chi connectivity index (χ3n) is 1.27. The summed E-state index contributed by atoms with van der Waals surface area (Å²) in [5.74, 6) is 0. The van der Waals surface area contributed by atoms with Crippen LogP contribution in [-0.2, 0) is 0 Å². The zero-order valence-corrected chi connectivity index (χ0v) is 6.56. The Morgan fingerprint density at radius 1 is 1.50 bits per heavy atom. The van der Waals surface area contributed by atoms with Crippen LogP contribution in [0, 0.1) is 6.92 Å². The van der Waals surface area contributed by atoms with Crippen molar-refractivity contribution in [3.8, 4) is 0 Å². The highest BCUT2D eigenvalue weighted by Crippen LogP contribution is 2.05. The highest BCUT2D eigenvalue weighted by Gasteiger charge is 1.97. The van der Waals surface area contributed by atoms with E-state index in [1.165, 1.54) is 0 Å². The summed E-state index contributed by atoms with van der Waals surface area (Å²) in [6.07, 6.45) is 0. The Hall–Kier alpha value is -0.760. The topological polar surface area (TPSA) is 17.1 Å². The van der Waals surface area contributed by atoms with Gasteiger partial charge in [-0.15, -0.1) is 12.6 Å². The summed E-state index contributed by atoms with van der Waals surface area (Å²) in [7, 11) is 0. The quantitative estimate of drug-likeness (QED) is 0.609. The summed E-state index contributed by atoms with van der Waals surface area (Å²) < 4.78 is 0. The molecule has 0 aliphatic heterocycles. The molecule has 0 heterocycles. The fourth-order valence-electron chi connectivity index (χ4n) is 0.778. The number of aryl methyl sites for hydroxylation is 1. The van der Waals surface area contributed by atoms with E-state index >= 15 is 0 Å². The van der Waals surface area contributed by atoms with Crippen LogP contribution in [0.5, 0.6) is 0 Å². The Kier molecular flexibility index (Phi) is 2.12. The molecule has 1 rings (SSSR count). The molecule has 0 aliphatic rings. The summed E-state index contributed by atoms with van der Waals surface area (Å²) in [4.78, 5) is 10.7. The van der Waals surface area contributed by atoms with Crippen molar-refractivity contribution in [3.05, 3.63) is 35.4 Å². The van der Waals surface area contributed by atoms with E-state index in [4.69, 9.17) is 0 Å². The summed E-state index contributed by atoms with van der Waals surface area (Å²) >= 11 is 3.70. The van der Waals surface area contributed by atoms with E-state index in [1.54, 1.807) is 6.07 Å². The summed E-state index contributed by atoms with van der Waals surface area (Å²) in [6, 6.07) is 7.36. The van der Waals surface area contributed by atoms with Gasteiger partial charge in [0.2, 0.25) is 5.12 Å². The maximum Gasteiger partial charge on any atom is 0.216 e. The van der Waals surface area contributed by atoms with Gasteiger partial charge in [0.05, 0.1) is 0 Å². The molecular weight excluding hydrogens is 144 g/mol. The number of carbonyl (C=O) groups is 1. The highest BCUT2D eigenvalue weighted by atomic mass is 32.1. The number of carbonyl (C=O) groups excluding carboxylic acids is 1. The van der Waals surface area contributed by atoms with Gasteiger partial charge < -0.3 is 0 Å². The number of thiol groups is 1. The molecule has 0 aromatic heterocycles. The molecule has 2 heteroatoms. The maximum absolute atomic E-state index is 10.7. The monoisotopic (exact) mass is 152 g/mol. The lowest BCUT2D eigenvalue weighted by Crippen LogP contribution is -1.87. The van der Waals surface area contributed by atoms with Crippen LogP contribution in [0.4, 0.5) is 0 Å². The number of hydrogen-bond donors (Lipinski definition) is 1. The van der Waals surface area contributed by atoms with Gasteiger partial charge in [0, 0.05) is 5.56 Å². The lowest BCUT2D eigenvalue weighted by molar-refractivity contribution is 0.109. The minimum absolute atomic E-state index is 0.177. The second kappa shape index (κ2) is 2.88. The van der Waals surface area contributed by atoms with Gasteiger partial charge in [-0.1, -0.05) is 23.8 Å². The zero-order valence-electron chi connectivity index (χ0n) is 5.66. The lowest BCUT2D eigenvalue weighted by Gasteiger charge is -1.94. The third-order valence-corrected chi connectivity index (χ3v) is 1.52. The Morgan fingerprint density at radius 2 is 2.20 bits per heavy atom. The van der Waals surface area contributed by atoms with Gasteiger partial charge in [-0.2, -0.15) is 0 Å². The minimum Gasteiger partial charge on any atom is -0.282 e. The molecule has 0 spiro atoms. The van der Waals surface area contributed by atoms with Crippen molar-refractivity contribution in [2.45, 2.75) is 6.92 Å². The van der Waals surface area contributed by atoms with E-state index in [-0.39, 0.29) is 5.12 Å². The molecule has 52 valence electrons. The Balaban J connectivity index is 3.07. The fraction of sp³-hybridized carbons (Fsp3) is 0.125. The van der Waals surface area contributed by atoms with Crippen LogP contribution in [-0.4, -0.2) is 5.12 Å². The smallest absolute Gasteiger partial charge is 0.216 e. The summed E-state index contributed by atoms with van der Waals surface area (Å²) in [6.45, 7) is 1.94. The average Bonchev–Trinajstić information content (AvgIpc) is 1.88. The van der Waals surface area contributed by atoms with Crippen molar-refractivity contribution >= 4 is 17.7 Å². The van der Waals surface area contributed by atoms with Crippen LogP contribution in [0.15, 0.2) is 24.3 Å². The van der Waals surface area contributed by atoms with Crippen LogP contribution in [0.25, 0.3) is 0 Å². The van der Waals surface area contributed by atoms with Crippen molar-refractivity contribution in [2.75, 3.05) is 0 Å². The van der Waals surface area contributed by atoms with Crippen molar-refractivity contribution in [3.63, 3.8) is 0 Å². The zero-order chi connectivity index (χ0) is 7.56. The molecule has 1 aromatic rings. The third kappa shape index (κ3) is 1.61.